The van der Waals surface area contributed by atoms with Gasteiger partial charge in [0.2, 0.25) is 5.91 Å². The van der Waals surface area contributed by atoms with E-state index in [1.165, 1.54) is 12.1 Å². The van der Waals surface area contributed by atoms with Crippen molar-refractivity contribution in [1.82, 2.24) is 0 Å². The van der Waals surface area contributed by atoms with E-state index in [-0.39, 0.29) is 22.0 Å². The molecule has 0 radical (unpaired) electrons. The Hall–Kier alpha value is -1.43. The zero-order valence-electron chi connectivity index (χ0n) is 9.17. The second-order valence-corrected chi connectivity index (χ2v) is 4.53. The van der Waals surface area contributed by atoms with Crippen molar-refractivity contribution >= 4 is 33.4 Å². The Bertz CT molecular complexity index is 451. The Balaban J connectivity index is 2.84. The number of carbonyl (C=O) groups excluding carboxylic acids is 2. The number of amides is 2. The SMILES string of the molecule is CCC(Br)C(=O)Nc1ccc(C(N)=O)c(F)c1. The van der Waals surface area contributed by atoms with Gasteiger partial charge in [-0.1, -0.05) is 22.9 Å². The number of carbonyl (C=O) groups is 2. The third-order valence-electron chi connectivity index (χ3n) is 2.15. The highest BCUT2D eigenvalue weighted by Crippen LogP contribution is 2.16. The molecule has 0 saturated carbocycles. The van der Waals surface area contributed by atoms with Crippen LogP contribution in [-0.4, -0.2) is 16.6 Å². The summed E-state index contributed by atoms with van der Waals surface area (Å²) < 4.78 is 13.4. The largest absolute Gasteiger partial charge is 0.366 e. The molecule has 4 nitrogen and oxygen atoms in total. The fourth-order valence-corrected chi connectivity index (χ4v) is 1.31. The maximum absolute atomic E-state index is 13.4. The number of hydrogen-bond donors (Lipinski definition) is 2. The number of benzene rings is 1. The summed E-state index contributed by atoms with van der Waals surface area (Å²) in [4.78, 5) is 22.0. The lowest BCUT2D eigenvalue weighted by Gasteiger charge is -2.09. The molecule has 3 N–H and O–H groups in total. The summed E-state index contributed by atoms with van der Waals surface area (Å²) in [7, 11) is 0. The molecule has 0 bridgehead atoms. The lowest BCUT2D eigenvalue weighted by Crippen LogP contribution is -2.22. The summed E-state index contributed by atoms with van der Waals surface area (Å²) in [5, 5.41) is 2.52. The van der Waals surface area contributed by atoms with Crippen LogP contribution in [-0.2, 0) is 4.79 Å². The quantitative estimate of drug-likeness (QED) is 0.835. The first-order valence-electron chi connectivity index (χ1n) is 5.00. The second-order valence-electron chi connectivity index (χ2n) is 3.42. The van der Waals surface area contributed by atoms with Crippen LogP contribution in [0.2, 0.25) is 0 Å². The van der Waals surface area contributed by atoms with Crippen LogP contribution in [0.4, 0.5) is 10.1 Å². The molecule has 0 aliphatic rings. The van der Waals surface area contributed by atoms with Gasteiger partial charge in [-0.05, 0) is 24.6 Å². The van der Waals surface area contributed by atoms with E-state index in [1.54, 1.807) is 0 Å². The van der Waals surface area contributed by atoms with Crippen LogP contribution in [0, 0.1) is 5.82 Å². The zero-order valence-corrected chi connectivity index (χ0v) is 10.8. The van der Waals surface area contributed by atoms with Gasteiger partial charge in [0.15, 0.2) is 0 Å². The van der Waals surface area contributed by atoms with E-state index in [0.717, 1.165) is 6.07 Å². The highest BCUT2D eigenvalue weighted by molar-refractivity contribution is 9.10. The average Bonchev–Trinajstić information content (AvgIpc) is 2.27. The molecular formula is C11H12BrFN2O2. The molecule has 0 fully saturated rings. The molecule has 1 aromatic rings. The number of nitrogens with two attached hydrogens (primary N) is 1. The van der Waals surface area contributed by atoms with E-state index in [9.17, 15) is 14.0 Å². The molecule has 17 heavy (non-hydrogen) atoms. The molecule has 0 heterocycles. The standard InChI is InChI=1S/C11H12BrFN2O2/c1-2-8(12)11(17)15-6-3-4-7(10(14)16)9(13)5-6/h3-5,8H,2H2,1H3,(H2,14,16)(H,15,17). The van der Waals surface area contributed by atoms with Gasteiger partial charge in [0.1, 0.15) is 5.82 Å². The highest BCUT2D eigenvalue weighted by Gasteiger charge is 2.14. The molecule has 1 unspecified atom stereocenters. The second kappa shape index (κ2) is 5.77. The predicted molar refractivity (Wildman–Crippen MR) is 66.6 cm³/mol. The van der Waals surface area contributed by atoms with E-state index in [1.807, 2.05) is 6.92 Å². The van der Waals surface area contributed by atoms with E-state index in [2.05, 4.69) is 21.2 Å². The number of nitrogens with one attached hydrogen (secondary N) is 1. The van der Waals surface area contributed by atoms with Gasteiger partial charge < -0.3 is 11.1 Å². The molecule has 92 valence electrons. The van der Waals surface area contributed by atoms with Gasteiger partial charge in [0.05, 0.1) is 10.4 Å². The number of alkyl halides is 1. The van der Waals surface area contributed by atoms with Gasteiger partial charge in [0, 0.05) is 5.69 Å². The molecular weight excluding hydrogens is 291 g/mol. The summed E-state index contributed by atoms with van der Waals surface area (Å²) in [6, 6.07) is 3.73. The number of rotatable bonds is 4. The Morgan fingerprint density at radius 2 is 2.18 bits per heavy atom. The van der Waals surface area contributed by atoms with Crippen LogP contribution < -0.4 is 11.1 Å². The third kappa shape index (κ3) is 3.52. The fourth-order valence-electron chi connectivity index (χ4n) is 1.20. The van der Waals surface area contributed by atoms with Gasteiger partial charge >= 0.3 is 0 Å². The number of hydrogen-bond acceptors (Lipinski definition) is 2. The molecule has 0 saturated heterocycles. The van der Waals surface area contributed by atoms with Crippen molar-refractivity contribution in [3.63, 3.8) is 0 Å². The maximum Gasteiger partial charge on any atom is 0.251 e. The van der Waals surface area contributed by atoms with Crippen molar-refractivity contribution in [3.05, 3.63) is 29.6 Å². The Morgan fingerprint density at radius 3 is 2.65 bits per heavy atom. The fraction of sp³-hybridized carbons (Fsp3) is 0.273. The molecule has 1 atom stereocenters. The summed E-state index contributed by atoms with van der Waals surface area (Å²) >= 11 is 3.18. The lowest BCUT2D eigenvalue weighted by atomic mass is 10.2. The van der Waals surface area contributed by atoms with Gasteiger partial charge in [-0.3, -0.25) is 9.59 Å². The molecule has 0 aliphatic carbocycles. The normalized spacial score (nSPS) is 11.9. The van der Waals surface area contributed by atoms with Crippen LogP contribution in [0.5, 0.6) is 0 Å². The van der Waals surface area contributed by atoms with Crippen LogP contribution in [0.3, 0.4) is 0 Å². The minimum Gasteiger partial charge on any atom is -0.366 e. The van der Waals surface area contributed by atoms with Gasteiger partial charge in [-0.2, -0.15) is 0 Å². The van der Waals surface area contributed by atoms with Crippen molar-refractivity contribution in [2.24, 2.45) is 5.73 Å². The smallest absolute Gasteiger partial charge is 0.251 e. The van der Waals surface area contributed by atoms with E-state index in [4.69, 9.17) is 5.73 Å². The molecule has 1 rings (SSSR count). The summed E-state index contributed by atoms with van der Waals surface area (Å²) in [5.74, 6) is -1.86. The first-order valence-corrected chi connectivity index (χ1v) is 5.91. The minimum absolute atomic E-state index is 0.200. The third-order valence-corrected chi connectivity index (χ3v) is 3.21. The van der Waals surface area contributed by atoms with Gasteiger partial charge in [-0.15, -0.1) is 0 Å². The van der Waals surface area contributed by atoms with Crippen molar-refractivity contribution < 1.29 is 14.0 Å². The molecule has 1 aromatic carbocycles. The topological polar surface area (TPSA) is 72.2 Å². The van der Waals surface area contributed by atoms with Gasteiger partial charge in [0.25, 0.3) is 5.91 Å². The van der Waals surface area contributed by atoms with Crippen LogP contribution in [0.15, 0.2) is 18.2 Å². The minimum atomic E-state index is -0.840. The van der Waals surface area contributed by atoms with Crippen molar-refractivity contribution in [2.75, 3.05) is 5.32 Å². The number of halogens is 2. The Morgan fingerprint density at radius 1 is 1.53 bits per heavy atom. The highest BCUT2D eigenvalue weighted by atomic mass is 79.9. The molecule has 0 aliphatic heterocycles. The monoisotopic (exact) mass is 302 g/mol. The molecule has 6 heteroatoms. The maximum atomic E-state index is 13.4. The lowest BCUT2D eigenvalue weighted by molar-refractivity contribution is -0.115. The van der Waals surface area contributed by atoms with E-state index < -0.39 is 11.7 Å². The van der Waals surface area contributed by atoms with E-state index in [0.29, 0.717) is 6.42 Å². The summed E-state index contributed by atoms with van der Waals surface area (Å²) in [6.45, 7) is 1.84. The van der Waals surface area contributed by atoms with Crippen molar-refractivity contribution in [1.29, 1.82) is 0 Å². The average molecular weight is 303 g/mol. The van der Waals surface area contributed by atoms with E-state index >= 15 is 0 Å². The van der Waals surface area contributed by atoms with Crippen molar-refractivity contribution in [3.8, 4) is 0 Å². The summed E-state index contributed by atoms with van der Waals surface area (Å²) in [6.07, 6.45) is 0.619. The zero-order chi connectivity index (χ0) is 13.0. The summed E-state index contributed by atoms with van der Waals surface area (Å²) in [5.41, 5.74) is 5.05. The van der Waals surface area contributed by atoms with Crippen molar-refractivity contribution in [2.45, 2.75) is 18.2 Å². The van der Waals surface area contributed by atoms with Crippen LogP contribution in [0.1, 0.15) is 23.7 Å². The predicted octanol–water partition coefficient (Wildman–Crippen LogP) is 2.04. The Kier molecular flexibility index (Phi) is 4.62. The first kappa shape index (κ1) is 13.6. The van der Waals surface area contributed by atoms with Crippen LogP contribution >= 0.6 is 15.9 Å². The molecule has 0 spiro atoms. The molecule has 2 amide bonds. The van der Waals surface area contributed by atoms with Crippen LogP contribution in [0.25, 0.3) is 0 Å². The number of anilines is 1. The molecule has 0 aromatic heterocycles. The van der Waals surface area contributed by atoms with Gasteiger partial charge in [-0.25, -0.2) is 4.39 Å². The first-order chi connectivity index (χ1) is 7.95. The Labute approximate surface area is 107 Å². The number of primary amides is 1.